The zero-order valence-electron chi connectivity index (χ0n) is 7.20. The molecular weight excluding hydrogens is 176 g/mol. The van der Waals surface area contributed by atoms with E-state index in [4.69, 9.17) is 0 Å². The van der Waals surface area contributed by atoms with Gasteiger partial charge in [0.2, 0.25) is 0 Å². The second kappa shape index (κ2) is 5.06. The minimum Gasteiger partial charge on any atom is -1.00 e. The van der Waals surface area contributed by atoms with Gasteiger partial charge in [-0.1, -0.05) is 35.2 Å². The number of halogens is 1. The molecule has 0 bridgehead atoms. The summed E-state index contributed by atoms with van der Waals surface area (Å²) in [5.74, 6) is 0. The van der Waals surface area contributed by atoms with Crippen molar-refractivity contribution in [3.05, 3.63) is 0 Å². The molecule has 0 atom stereocenters. The molecule has 0 spiro atoms. The van der Waals surface area contributed by atoms with E-state index in [1.165, 1.54) is 32.1 Å². The summed E-state index contributed by atoms with van der Waals surface area (Å²) in [6.45, 7) is 0. The smallest absolute Gasteiger partial charge is 1.00 e. The van der Waals surface area contributed by atoms with Crippen molar-refractivity contribution in [3.8, 4) is 0 Å². The third kappa shape index (κ3) is 3.31. The van der Waals surface area contributed by atoms with Gasteiger partial charge in [0.05, 0.1) is 0 Å². The molecule has 0 amide bonds. The first-order chi connectivity index (χ1) is 3.39. The van der Waals surface area contributed by atoms with Gasteiger partial charge in [-0.25, -0.2) is 0 Å². The van der Waals surface area contributed by atoms with Gasteiger partial charge in [-0.15, -0.1) is 0 Å². The van der Waals surface area contributed by atoms with Gasteiger partial charge in [0.15, 0.2) is 0 Å². The zero-order chi connectivity index (χ0) is 5.11. The molecule has 1 rings (SSSR count). The molecule has 0 N–H and O–H groups in total. The summed E-state index contributed by atoms with van der Waals surface area (Å²) >= 11 is 3.59. The largest absolute Gasteiger partial charge is 2.00 e. The van der Waals surface area contributed by atoms with Gasteiger partial charge in [0.25, 0.3) is 0 Å². The molecule has 1 saturated carbocycles. The van der Waals surface area contributed by atoms with Crippen molar-refractivity contribution in [3.63, 3.8) is 0 Å². The van der Waals surface area contributed by atoms with Crippen LogP contribution in [0.2, 0.25) is 0 Å². The minimum absolute atomic E-state index is 0. The molecule has 0 aromatic rings. The van der Waals surface area contributed by atoms with Crippen LogP contribution in [0, 0.1) is 0 Å². The summed E-state index contributed by atoms with van der Waals surface area (Å²) in [5.41, 5.74) is 0. The fraction of sp³-hybridized carbons (Fsp3) is 1.00. The molecule has 0 radical (unpaired) electrons. The molecule has 1 aliphatic carbocycles. The van der Waals surface area contributed by atoms with Crippen LogP contribution >= 0.6 is 15.9 Å². The molecule has 0 aliphatic heterocycles. The van der Waals surface area contributed by atoms with E-state index >= 15 is 0 Å². The van der Waals surface area contributed by atoms with Crippen LogP contribution in [-0.4, -0.2) is 27.9 Å². The van der Waals surface area contributed by atoms with Gasteiger partial charge >= 0.3 is 23.1 Å². The van der Waals surface area contributed by atoms with Gasteiger partial charge < -0.3 is 2.85 Å². The predicted molar refractivity (Wildman–Crippen MR) is 43.8 cm³/mol. The van der Waals surface area contributed by atoms with Crippen LogP contribution in [0.5, 0.6) is 0 Å². The molecule has 8 heavy (non-hydrogen) atoms. The monoisotopic (exact) mass is 188 g/mol. The fourth-order valence-corrected chi connectivity index (χ4v) is 1.70. The standard InChI is InChI=1S/C6H11Br.Mg.2H/c7-6-4-2-1-3-5-6;;;/h6H,1-5H2;;;/q;+2;2*-1. The molecule has 1 fully saturated rings. The van der Waals surface area contributed by atoms with Gasteiger partial charge in [-0.2, -0.15) is 0 Å². The number of hydrogen-bond acceptors (Lipinski definition) is 0. The molecule has 0 saturated heterocycles. The molecule has 0 nitrogen and oxygen atoms in total. The third-order valence-electron chi connectivity index (χ3n) is 1.53. The molecule has 2 heteroatoms. The van der Waals surface area contributed by atoms with Crippen molar-refractivity contribution in [2.24, 2.45) is 0 Å². The molecule has 0 aromatic carbocycles. The van der Waals surface area contributed by atoms with E-state index in [1.54, 1.807) is 0 Å². The van der Waals surface area contributed by atoms with Gasteiger partial charge in [0.1, 0.15) is 0 Å². The van der Waals surface area contributed by atoms with Crippen molar-refractivity contribution < 1.29 is 2.85 Å². The van der Waals surface area contributed by atoms with Crippen LogP contribution in [0.15, 0.2) is 0 Å². The SMILES string of the molecule is BrC1CCCCC1.[H-].[H-].[Mg+2]. The molecule has 1 aliphatic rings. The number of alkyl halides is 1. The number of rotatable bonds is 0. The van der Waals surface area contributed by atoms with Gasteiger partial charge in [-0.3, -0.25) is 0 Å². The maximum Gasteiger partial charge on any atom is 2.00 e. The van der Waals surface area contributed by atoms with Crippen LogP contribution in [0.4, 0.5) is 0 Å². The Hall–Kier alpha value is 1.25. The Morgan fingerprint density at radius 2 is 1.62 bits per heavy atom. The first-order valence-electron chi connectivity index (χ1n) is 3.03. The second-order valence-electron chi connectivity index (χ2n) is 2.24. The van der Waals surface area contributed by atoms with Crippen LogP contribution in [0.3, 0.4) is 0 Å². The molecule has 46 valence electrons. The van der Waals surface area contributed by atoms with E-state index in [-0.39, 0.29) is 25.9 Å². The molecule has 0 unspecified atom stereocenters. The second-order valence-corrected chi connectivity index (χ2v) is 3.53. The molecular formula is C6H13BrMg. The van der Waals surface area contributed by atoms with Crippen molar-refractivity contribution in [2.45, 2.75) is 36.9 Å². The van der Waals surface area contributed by atoms with Crippen molar-refractivity contribution in [2.75, 3.05) is 0 Å². The first-order valence-corrected chi connectivity index (χ1v) is 3.95. The normalized spacial score (nSPS) is 22.1. The summed E-state index contributed by atoms with van der Waals surface area (Å²) < 4.78 is 0. The first kappa shape index (κ1) is 9.25. The average molecular weight is 189 g/mol. The van der Waals surface area contributed by atoms with Crippen LogP contribution in [0.25, 0.3) is 0 Å². The third-order valence-corrected chi connectivity index (χ3v) is 2.45. The Balaban J connectivity index is -0.000000163. The van der Waals surface area contributed by atoms with E-state index in [2.05, 4.69) is 15.9 Å². The van der Waals surface area contributed by atoms with Gasteiger partial charge in [0, 0.05) is 4.83 Å². The quantitative estimate of drug-likeness (QED) is 0.406. The van der Waals surface area contributed by atoms with Crippen molar-refractivity contribution >= 4 is 39.0 Å². The van der Waals surface area contributed by atoms with Crippen molar-refractivity contribution in [1.82, 2.24) is 0 Å². The maximum atomic E-state index is 3.59. The van der Waals surface area contributed by atoms with Crippen molar-refractivity contribution in [1.29, 1.82) is 0 Å². The van der Waals surface area contributed by atoms with E-state index in [0.29, 0.717) is 0 Å². The van der Waals surface area contributed by atoms with Crippen LogP contribution in [0.1, 0.15) is 35.0 Å². The summed E-state index contributed by atoms with van der Waals surface area (Å²) in [6, 6.07) is 0. The molecule has 0 aromatic heterocycles. The Labute approximate surface area is 78.7 Å². The van der Waals surface area contributed by atoms with E-state index in [1.807, 2.05) is 0 Å². The Morgan fingerprint density at radius 3 is 1.88 bits per heavy atom. The van der Waals surface area contributed by atoms with Crippen LogP contribution < -0.4 is 0 Å². The summed E-state index contributed by atoms with van der Waals surface area (Å²) in [6.07, 6.45) is 7.15. The summed E-state index contributed by atoms with van der Waals surface area (Å²) in [5, 5.41) is 0. The average Bonchev–Trinajstić information content (AvgIpc) is 1.69. The summed E-state index contributed by atoms with van der Waals surface area (Å²) in [7, 11) is 0. The van der Waals surface area contributed by atoms with E-state index in [9.17, 15) is 0 Å². The minimum atomic E-state index is 0. The topological polar surface area (TPSA) is 0 Å². The molecule has 0 heterocycles. The number of hydrogen-bond donors (Lipinski definition) is 0. The predicted octanol–water partition coefficient (Wildman–Crippen LogP) is 2.56. The Morgan fingerprint density at radius 1 is 1.12 bits per heavy atom. The van der Waals surface area contributed by atoms with Crippen LogP contribution in [-0.2, 0) is 0 Å². The van der Waals surface area contributed by atoms with E-state index < -0.39 is 0 Å². The van der Waals surface area contributed by atoms with Gasteiger partial charge in [-0.05, 0) is 12.8 Å². The van der Waals surface area contributed by atoms with E-state index in [0.717, 1.165) is 4.83 Å². The zero-order valence-corrected chi connectivity index (χ0v) is 8.20. The Bertz CT molecular complexity index is 57.7. The fourth-order valence-electron chi connectivity index (χ4n) is 1.05. The Kier molecular flexibility index (Phi) is 5.85. The maximum absolute atomic E-state index is 3.59. The summed E-state index contributed by atoms with van der Waals surface area (Å²) in [4.78, 5) is 0.848.